The van der Waals surface area contributed by atoms with E-state index < -0.39 is 0 Å². The van der Waals surface area contributed by atoms with E-state index in [1.807, 2.05) is 0 Å². The third kappa shape index (κ3) is 3.32. The van der Waals surface area contributed by atoms with E-state index in [9.17, 15) is 9.90 Å². The number of nitrogens with two attached hydrogens (primary N) is 1. The monoisotopic (exact) mass is 293 g/mol. The minimum Gasteiger partial charge on any atom is -0.393 e. The molecule has 1 fully saturated rings. The molecule has 0 aromatic carbocycles. The molecule has 1 atom stereocenters. The molecular weight excluding hydrogens is 274 g/mol. The van der Waals surface area contributed by atoms with Crippen LogP contribution in [0.3, 0.4) is 0 Å². The van der Waals surface area contributed by atoms with Gasteiger partial charge in [-0.3, -0.25) is 9.78 Å². The molecular formula is C14H19N3O2S. The molecule has 1 unspecified atom stereocenters. The van der Waals surface area contributed by atoms with Gasteiger partial charge >= 0.3 is 0 Å². The number of aromatic nitrogens is 1. The first-order chi connectivity index (χ1) is 9.49. The number of hydrogen-bond acceptors (Lipinski definition) is 4. The Kier molecular flexibility index (Phi) is 4.67. The topological polar surface area (TPSA) is 79.5 Å². The van der Waals surface area contributed by atoms with Crippen molar-refractivity contribution in [3.05, 3.63) is 29.6 Å². The zero-order valence-electron chi connectivity index (χ0n) is 11.5. The summed E-state index contributed by atoms with van der Waals surface area (Å²) < 4.78 is 0. The molecule has 0 radical (unpaired) electrons. The fourth-order valence-corrected chi connectivity index (χ4v) is 2.53. The van der Waals surface area contributed by atoms with E-state index in [1.54, 1.807) is 24.0 Å². The molecule has 2 rings (SSSR count). The maximum atomic E-state index is 12.3. The van der Waals surface area contributed by atoms with Crippen LogP contribution in [0.5, 0.6) is 0 Å². The Morgan fingerprint density at radius 2 is 2.15 bits per heavy atom. The van der Waals surface area contributed by atoms with E-state index in [0.717, 1.165) is 12.8 Å². The van der Waals surface area contributed by atoms with Crippen LogP contribution in [0, 0.1) is 5.92 Å². The van der Waals surface area contributed by atoms with E-state index in [2.05, 4.69) is 4.98 Å². The maximum absolute atomic E-state index is 12.3. The quantitative estimate of drug-likeness (QED) is 0.811. The Balaban J connectivity index is 2.00. The molecule has 0 bridgehead atoms. The lowest BCUT2D eigenvalue weighted by atomic mass is 9.92. The highest BCUT2D eigenvalue weighted by molar-refractivity contribution is 7.80. The van der Waals surface area contributed by atoms with Gasteiger partial charge in [0.15, 0.2) is 0 Å². The molecule has 108 valence electrons. The predicted molar refractivity (Wildman–Crippen MR) is 80.4 cm³/mol. The van der Waals surface area contributed by atoms with Gasteiger partial charge in [-0.25, -0.2) is 0 Å². The first-order valence-corrected chi connectivity index (χ1v) is 7.13. The van der Waals surface area contributed by atoms with Crippen molar-refractivity contribution in [3.8, 4) is 0 Å². The molecule has 20 heavy (non-hydrogen) atoms. The lowest BCUT2D eigenvalue weighted by Crippen LogP contribution is -2.41. The van der Waals surface area contributed by atoms with Crippen molar-refractivity contribution in [1.29, 1.82) is 0 Å². The summed E-state index contributed by atoms with van der Waals surface area (Å²) in [7, 11) is 0. The lowest BCUT2D eigenvalue weighted by molar-refractivity contribution is 0.0517. The van der Waals surface area contributed by atoms with Crippen molar-refractivity contribution >= 4 is 23.1 Å². The molecule has 1 amide bonds. The first-order valence-electron chi connectivity index (χ1n) is 6.72. The number of likely N-dealkylation sites (tertiary alicyclic amines) is 1. The minimum atomic E-state index is -0.310. The number of aliphatic hydroxyl groups excluding tert-OH is 1. The van der Waals surface area contributed by atoms with Crippen molar-refractivity contribution < 1.29 is 9.90 Å². The molecule has 0 spiro atoms. The average molecular weight is 293 g/mol. The number of nitrogens with zero attached hydrogens (tertiary/aromatic N) is 2. The molecule has 1 aromatic heterocycles. The van der Waals surface area contributed by atoms with Crippen molar-refractivity contribution in [2.75, 3.05) is 13.1 Å². The summed E-state index contributed by atoms with van der Waals surface area (Å²) in [6.45, 7) is 3.12. The second-order valence-electron chi connectivity index (χ2n) is 5.17. The molecule has 1 saturated heterocycles. The van der Waals surface area contributed by atoms with Gasteiger partial charge in [-0.2, -0.15) is 0 Å². The summed E-state index contributed by atoms with van der Waals surface area (Å²) in [5.74, 6) is 0.201. The second kappa shape index (κ2) is 6.28. The number of hydrogen-bond donors (Lipinski definition) is 2. The largest absolute Gasteiger partial charge is 0.393 e. The smallest absolute Gasteiger partial charge is 0.272 e. The maximum Gasteiger partial charge on any atom is 0.272 e. The number of carbonyl (C=O) groups excluding carboxylic acids is 1. The van der Waals surface area contributed by atoms with E-state index >= 15 is 0 Å². The summed E-state index contributed by atoms with van der Waals surface area (Å²) in [6.07, 6.45) is 2.87. The second-order valence-corrected chi connectivity index (χ2v) is 5.61. The number of thiocarbonyl (C=S) groups is 1. The number of carbonyl (C=O) groups is 1. The van der Waals surface area contributed by atoms with Gasteiger partial charge in [-0.05, 0) is 37.8 Å². The molecule has 0 aliphatic carbocycles. The molecule has 1 aromatic rings. The van der Waals surface area contributed by atoms with Crippen molar-refractivity contribution in [3.63, 3.8) is 0 Å². The normalized spacial score (nSPS) is 17.8. The van der Waals surface area contributed by atoms with Gasteiger partial charge in [0.2, 0.25) is 0 Å². The summed E-state index contributed by atoms with van der Waals surface area (Å²) in [4.78, 5) is 18.5. The highest BCUT2D eigenvalue weighted by Gasteiger charge is 2.26. The van der Waals surface area contributed by atoms with Gasteiger partial charge in [0.1, 0.15) is 10.7 Å². The predicted octanol–water partition coefficient (Wildman–Crippen LogP) is 0.949. The van der Waals surface area contributed by atoms with Crippen LogP contribution in [0.1, 0.15) is 35.8 Å². The van der Waals surface area contributed by atoms with Gasteiger partial charge in [0, 0.05) is 24.8 Å². The first kappa shape index (κ1) is 14.9. The van der Waals surface area contributed by atoms with Crippen LogP contribution in [-0.4, -0.2) is 45.1 Å². The molecule has 1 aliphatic rings. The van der Waals surface area contributed by atoms with E-state index in [0.29, 0.717) is 24.3 Å². The minimum absolute atomic E-state index is 0.0801. The number of piperidine rings is 1. The van der Waals surface area contributed by atoms with Crippen LogP contribution in [0.15, 0.2) is 18.3 Å². The van der Waals surface area contributed by atoms with Crippen LogP contribution in [0.4, 0.5) is 0 Å². The molecule has 6 heteroatoms. The van der Waals surface area contributed by atoms with Gasteiger partial charge in [0.25, 0.3) is 5.91 Å². The average Bonchev–Trinajstić information content (AvgIpc) is 2.46. The molecule has 3 N–H and O–H groups in total. The number of aliphatic hydroxyl groups is 1. The SMILES string of the molecule is CC(O)C1CCN(C(=O)c2ccc(C(N)=S)cn2)CC1. The molecule has 0 saturated carbocycles. The summed E-state index contributed by atoms with van der Waals surface area (Å²) in [5.41, 5.74) is 6.56. The van der Waals surface area contributed by atoms with Crippen LogP contribution in [0.2, 0.25) is 0 Å². The van der Waals surface area contributed by atoms with Crippen molar-refractivity contribution in [2.45, 2.75) is 25.9 Å². The fraction of sp³-hybridized carbons (Fsp3) is 0.500. The van der Waals surface area contributed by atoms with Crippen LogP contribution in [-0.2, 0) is 0 Å². The Hall–Kier alpha value is -1.53. The van der Waals surface area contributed by atoms with Crippen LogP contribution < -0.4 is 5.73 Å². The van der Waals surface area contributed by atoms with Gasteiger partial charge in [-0.1, -0.05) is 12.2 Å². The van der Waals surface area contributed by atoms with Crippen LogP contribution >= 0.6 is 12.2 Å². The third-order valence-corrected chi connectivity index (χ3v) is 4.01. The molecule has 2 heterocycles. The zero-order chi connectivity index (χ0) is 14.7. The summed E-state index contributed by atoms with van der Waals surface area (Å²) in [6, 6.07) is 3.36. The van der Waals surface area contributed by atoms with Crippen molar-refractivity contribution in [1.82, 2.24) is 9.88 Å². The number of amides is 1. The highest BCUT2D eigenvalue weighted by atomic mass is 32.1. The van der Waals surface area contributed by atoms with Gasteiger partial charge in [0.05, 0.1) is 6.10 Å². The molecule has 1 aliphatic heterocycles. The van der Waals surface area contributed by atoms with Gasteiger partial charge in [-0.15, -0.1) is 0 Å². The van der Waals surface area contributed by atoms with E-state index in [4.69, 9.17) is 18.0 Å². The fourth-order valence-electron chi connectivity index (χ4n) is 2.41. The zero-order valence-corrected chi connectivity index (χ0v) is 12.3. The standard InChI is InChI=1S/C14H19N3O2S/c1-9(18)10-4-6-17(7-5-10)14(19)12-3-2-11(8-16-12)13(15)20/h2-3,8-10,18H,4-7H2,1H3,(H2,15,20). The highest BCUT2D eigenvalue weighted by Crippen LogP contribution is 2.21. The Labute approximate surface area is 123 Å². The Bertz CT molecular complexity index is 494. The van der Waals surface area contributed by atoms with E-state index in [1.165, 1.54) is 6.20 Å². The Morgan fingerprint density at radius 1 is 1.50 bits per heavy atom. The third-order valence-electron chi connectivity index (χ3n) is 3.78. The molecule has 5 nitrogen and oxygen atoms in total. The number of rotatable bonds is 3. The Morgan fingerprint density at radius 3 is 2.60 bits per heavy atom. The summed E-state index contributed by atoms with van der Waals surface area (Å²) in [5, 5.41) is 9.56. The van der Waals surface area contributed by atoms with Crippen LogP contribution in [0.25, 0.3) is 0 Å². The van der Waals surface area contributed by atoms with Gasteiger partial charge < -0.3 is 15.7 Å². The van der Waals surface area contributed by atoms with E-state index in [-0.39, 0.29) is 22.9 Å². The van der Waals surface area contributed by atoms with Crippen molar-refractivity contribution in [2.24, 2.45) is 11.7 Å². The lowest BCUT2D eigenvalue weighted by Gasteiger charge is -2.33. The number of pyridine rings is 1. The summed E-state index contributed by atoms with van der Waals surface area (Å²) >= 11 is 4.85.